The maximum atomic E-state index is 12.6. The summed E-state index contributed by atoms with van der Waals surface area (Å²) >= 11 is 3.50. The molecule has 0 radical (unpaired) electrons. The van der Waals surface area contributed by atoms with E-state index >= 15 is 0 Å². The lowest BCUT2D eigenvalue weighted by molar-refractivity contribution is 0.102. The number of ether oxygens (including phenoxy) is 1. The van der Waals surface area contributed by atoms with Gasteiger partial charge in [0.25, 0.3) is 5.91 Å². The Bertz CT molecular complexity index is 1250. The van der Waals surface area contributed by atoms with Crippen LogP contribution in [0.1, 0.15) is 10.4 Å². The Morgan fingerprint density at radius 1 is 1.04 bits per heavy atom. The first-order chi connectivity index (χ1) is 13.1. The average Bonchev–Trinajstić information content (AvgIpc) is 2.67. The van der Waals surface area contributed by atoms with Crippen LogP contribution >= 0.6 is 15.9 Å². The minimum Gasteiger partial charge on any atom is -0.493 e. The predicted molar refractivity (Wildman–Crippen MR) is 109 cm³/mol. The Morgan fingerprint density at radius 2 is 1.81 bits per heavy atom. The van der Waals surface area contributed by atoms with E-state index in [1.54, 1.807) is 24.3 Å². The van der Waals surface area contributed by atoms with Gasteiger partial charge >= 0.3 is 5.63 Å². The summed E-state index contributed by atoms with van der Waals surface area (Å²) in [7, 11) is 1.49. The minimum absolute atomic E-state index is 0.0647. The van der Waals surface area contributed by atoms with E-state index in [1.165, 1.54) is 13.2 Å². The summed E-state index contributed by atoms with van der Waals surface area (Å²) in [6.07, 6.45) is 0. The van der Waals surface area contributed by atoms with E-state index in [0.717, 1.165) is 15.2 Å². The summed E-state index contributed by atoms with van der Waals surface area (Å²) in [5, 5.41) is 5.38. The van der Waals surface area contributed by atoms with Gasteiger partial charge in [0.2, 0.25) is 0 Å². The summed E-state index contributed by atoms with van der Waals surface area (Å²) in [5.41, 5.74) is 0.131. The van der Waals surface area contributed by atoms with Crippen molar-refractivity contribution in [2.24, 2.45) is 0 Å². The third-order valence-electron chi connectivity index (χ3n) is 4.27. The normalized spacial score (nSPS) is 10.9. The zero-order chi connectivity index (χ0) is 19.0. The van der Waals surface area contributed by atoms with Gasteiger partial charge < -0.3 is 14.5 Å². The molecule has 0 unspecified atom stereocenters. The second-order valence-corrected chi connectivity index (χ2v) is 6.81. The first kappa shape index (κ1) is 17.3. The molecule has 0 bridgehead atoms. The fourth-order valence-electron chi connectivity index (χ4n) is 2.96. The van der Waals surface area contributed by atoms with Gasteiger partial charge in [0, 0.05) is 15.5 Å². The molecule has 0 aliphatic carbocycles. The predicted octanol–water partition coefficient (Wildman–Crippen LogP) is 4.97. The van der Waals surface area contributed by atoms with Crippen molar-refractivity contribution in [3.8, 4) is 5.75 Å². The number of halogens is 1. The van der Waals surface area contributed by atoms with Crippen LogP contribution in [0.25, 0.3) is 21.7 Å². The Balaban J connectivity index is 1.71. The van der Waals surface area contributed by atoms with Crippen molar-refractivity contribution >= 4 is 49.3 Å². The van der Waals surface area contributed by atoms with Crippen LogP contribution in [0.4, 0.5) is 5.69 Å². The van der Waals surface area contributed by atoms with Crippen LogP contribution in [0.2, 0.25) is 0 Å². The third kappa shape index (κ3) is 3.19. The van der Waals surface area contributed by atoms with Gasteiger partial charge in [-0.05, 0) is 41.1 Å². The molecule has 1 aromatic heterocycles. The minimum atomic E-state index is -0.715. The molecular weight excluding hydrogens is 410 g/mol. The summed E-state index contributed by atoms with van der Waals surface area (Å²) in [5.74, 6) is -0.0838. The van der Waals surface area contributed by atoms with Crippen molar-refractivity contribution in [2.45, 2.75) is 0 Å². The number of benzene rings is 3. The molecule has 1 heterocycles. The highest BCUT2D eigenvalue weighted by molar-refractivity contribution is 9.10. The lowest BCUT2D eigenvalue weighted by atomic mass is 10.1. The van der Waals surface area contributed by atoms with Gasteiger partial charge in [-0.1, -0.05) is 46.3 Å². The van der Waals surface area contributed by atoms with E-state index in [1.807, 2.05) is 30.3 Å². The number of hydrogen-bond donors (Lipinski definition) is 1. The molecule has 6 heteroatoms. The van der Waals surface area contributed by atoms with E-state index in [9.17, 15) is 9.59 Å². The molecule has 1 N–H and O–H groups in total. The Labute approximate surface area is 162 Å². The quantitative estimate of drug-likeness (QED) is 0.472. The highest BCUT2D eigenvalue weighted by Gasteiger charge is 2.16. The number of carbonyl (C=O) groups excluding carboxylic acids is 1. The molecule has 0 atom stereocenters. The van der Waals surface area contributed by atoms with Crippen LogP contribution in [0.15, 0.2) is 74.3 Å². The lowest BCUT2D eigenvalue weighted by Gasteiger charge is -2.08. The first-order valence-electron chi connectivity index (χ1n) is 8.17. The van der Waals surface area contributed by atoms with Crippen molar-refractivity contribution in [2.75, 3.05) is 12.4 Å². The largest absolute Gasteiger partial charge is 0.493 e. The number of anilines is 1. The fourth-order valence-corrected chi connectivity index (χ4v) is 3.47. The molecule has 0 aliphatic heterocycles. The summed E-state index contributed by atoms with van der Waals surface area (Å²) in [6, 6.07) is 18.1. The molecule has 0 saturated carbocycles. The number of amides is 1. The highest BCUT2D eigenvalue weighted by atomic mass is 79.9. The van der Waals surface area contributed by atoms with Crippen molar-refractivity contribution in [1.82, 2.24) is 0 Å². The van der Waals surface area contributed by atoms with Gasteiger partial charge in [0.15, 0.2) is 11.3 Å². The van der Waals surface area contributed by atoms with E-state index in [-0.39, 0.29) is 5.56 Å². The van der Waals surface area contributed by atoms with Crippen LogP contribution in [0.5, 0.6) is 5.75 Å². The standard InChI is InChI=1S/C21H14BrNO4/c1-26-18-7-3-5-13-11-16(21(25)27-19(13)18)20(24)23-14-8-9-15-12(10-14)4-2-6-17(15)22/h2-11H,1H3,(H,23,24). The summed E-state index contributed by atoms with van der Waals surface area (Å²) in [6.45, 7) is 0. The molecule has 4 aromatic rings. The number of fused-ring (bicyclic) bond motifs is 2. The van der Waals surface area contributed by atoms with Crippen molar-refractivity contribution in [1.29, 1.82) is 0 Å². The van der Waals surface area contributed by atoms with Gasteiger partial charge in [-0.2, -0.15) is 0 Å². The van der Waals surface area contributed by atoms with Crippen LogP contribution in [-0.2, 0) is 0 Å². The van der Waals surface area contributed by atoms with Gasteiger partial charge in [-0.3, -0.25) is 4.79 Å². The maximum absolute atomic E-state index is 12.6. The average molecular weight is 424 g/mol. The van der Waals surface area contributed by atoms with E-state index in [4.69, 9.17) is 9.15 Å². The molecule has 5 nitrogen and oxygen atoms in total. The molecule has 134 valence electrons. The van der Waals surface area contributed by atoms with Crippen LogP contribution in [-0.4, -0.2) is 13.0 Å². The first-order valence-corrected chi connectivity index (χ1v) is 8.96. The van der Waals surface area contributed by atoms with E-state index in [0.29, 0.717) is 22.4 Å². The molecule has 4 rings (SSSR count). The van der Waals surface area contributed by atoms with Gasteiger partial charge in [-0.15, -0.1) is 0 Å². The maximum Gasteiger partial charge on any atom is 0.349 e. The third-order valence-corrected chi connectivity index (χ3v) is 4.96. The zero-order valence-corrected chi connectivity index (χ0v) is 15.9. The smallest absolute Gasteiger partial charge is 0.349 e. The second kappa shape index (κ2) is 6.89. The lowest BCUT2D eigenvalue weighted by Crippen LogP contribution is -2.20. The van der Waals surface area contributed by atoms with Crippen molar-refractivity contribution in [3.05, 3.63) is 81.1 Å². The number of carbonyl (C=O) groups is 1. The molecule has 0 aliphatic rings. The molecule has 0 saturated heterocycles. The Kier molecular flexibility index (Phi) is 4.41. The number of methoxy groups -OCH3 is 1. The monoisotopic (exact) mass is 423 g/mol. The van der Waals surface area contributed by atoms with Gasteiger partial charge in [0.05, 0.1) is 7.11 Å². The highest BCUT2D eigenvalue weighted by Crippen LogP contribution is 2.27. The van der Waals surface area contributed by atoms with Gasteiger partial charge in [-0.25, -0.2) is 4.79 Å². The van der Waals surface area contributed by atoms with Crippen molar-refractivity contribution < 1.29 is 13.9 Å². The summed E-state index contributed by atoms with van der Waals surface area (Å²) < 4.78 is 11.5. The zero-order valence-electron chi connectivity index (χ0n) is 14.3. The number of rotatable bonds is 3. The van der Waals surface area contributed by atoms with Crippen molar-refractivity contribution in [3.63, 3.8) is 0 Å². The Morgan fingerprint density at radius 3 is 2.63 bits per heavy atom. The Hall–Kier alpha value is -3.12. The number of para-hydroxylation sites is 1. The summed E-state index contributed by atoms with van der Waals surface area (Å²) in [4.78, 5) is 24.9. The molecule has 27 heavy (non-hydrogen) atoms. The molecular formula is C21H14BrNO4. The van der Waals surface area contributed by atoms with Crippen LogP contribution in [0.3, 0.4) is 0 Å². The molecule has 3 aromatic carbocycles. The van der Waals surface area contributed by atoms with Gasteiger partial charge in [0.1, 0.15) is 5.56 Å². The molecule has 0 fully saturated rings. The van der Waals surface area contributed by atoms with Crippen LogP contribution < -0.4 is 15.7 Å². The SMILES string of the molecule is COc1cccc2cc(C(=O)Nc3ccc4c(Br)cccc4c3)c(=O)oc12. The topological polar surface area (TPSA) is 68.5 Å². The van der Waals surface area contributed by atoms with E-state index < -0.39 is 11.5 Å². The second-order valence-electron chi connectivity index (χ2n) is 5.96. The van der Waals surface area contributed by atoms with Crippen LogP contribution in [0, 0.1) is 0 Å². The van der Waals surface area contributed by atoms with E-state index in [2.05, 4.69) is 21.2 Å². The molecule has 1 amide bonds. The number of nitrogens with one attached hydrogen (secondary N) is 1. The molecule has 0 spiro atoms. The fraction of sp³-hybridized carbons (Fsp3) is 0.0476. The number of hydrogen-bond acceptors (Lipinski definition) is 4.